The molecule has 0 spiro atoms. The Bertz CT molecular complexity index is 1100. The molecule has 1 atom stereocenters. The maximum absolute atomic E-state index is 13.1. The molecule has 166 valence electrons. The molecule has 1 aliphatic rings. The van der Waals surface area contributed by atoms with Crippen molar-refractivity contribution >= 4 is 44.8 Å². The van der Waals surface area contributed by atoms with E-state index in [4.69, 9.17) is 11.6 Å². The zero-order chi connectivity index (χ0) is 22.8. The molecule has 7 nitrogen and oxygen atoms in total. The number of anilines is 2. The van der Waals surface area contributed by atoms with Crippen LogP contribution in [0.4, 0.5) is 11.4 Å². The molecular formula is C22H26ClN3O4S. The summed E-state index contributed by atoms with van der Waals surface area (Å²) in [4.78, 5) is 27.7. The standard InChI is InChI=1S/C22H26ClN3O4S/c1-15-10-11-17(23)14-20(15)26(31(3,29)30)16(2)21(27)24-19-9-5-4-8-18(19)22(28)25-12-6-7-13-25/h4-5,8-11,14,16H,6-7,12-13H2,1-3H3,(H,24,27). The summed E-state index contributed by atoms with van der Waals surface area (Å²) >= 11 is 6.08. The third-order valence-electron chi connectivity index (χ3n) is 5.31. The Morgan fingerprint density at radius 2 is 1.77 bits per heavy atom. The molecule has 0 aromatic heterocycles. The zero-order valence-corrected chi connectivity index (χ0v) is 19.3. The summed E-state index contributed by atoms with van der Waals surface area (Å²) in [5.74, 6) is -0.696. The quantitative estimate of drug-likeness (QED) is 0.708. The first-order valence-corrected chi connectivity index (χ1v) is 12.3. The van der Waals surface area contributed by atoms with E-state index >= 15 is 0 Å². The maximum Gasteiger partial charge on any atom is 0.255 e. The van der Waals surface area contributed by atoms with Crippen molar-refractivity contribution in [3.8, 4) is 0 Å². The molecule has 1 aliphatic heterocycles. The highest BCUT2D eigenvalue weighted by Crippen LogP contribution is 2.29. The van der Waals surface area contributed by atoms with E-state index in [1.165, 1.54) is 13.0 Å². The monoisotopic (exact) mass is 463 g/mol. The SMILES string of the molecule is Cc1ccc(Cl)cc1N(C(C)C(=O)Nc1ccccc1C(=O)N1CCCC1)S(C)(=O)=O. The van der Waals surface area contributed by atoms with Crippen molar-refractivity contribution in [1.29, 1.82) is 0 Å². The highest BCUT2D eigenvalue weighted by atomic mass is 35.5. The van der Waals surface area contributed by atoms with Gasteiger partial charge in [-0.15, -0.1) is 0 Å². The zero-order valence-electron chi connectivity index (χ0n) is 17.8. The van der Waals surface area contributed by atoms with Gasteiger partial charge < -0.3 is 10.2 Å². The number of amides is 2. The van der Waals surface area contributed by atoms with E-state index in [1.54, 1.807) is 48.2 Å². The van der Waals surface area contributed by atoms with Crippen molar-refractivity contribution in [2.75, 3.05) is 29.0 Å². The highest BCUT2D eigenvalue weighted by Gasteiger charge is 2.31. The van der Waals surface area contributed by atoms with Crippen molar-refractivity contribution in [3.05, 3.63) is 58.6 Å². The largest absolute Gasteiger partial charge is 0.339 e. The Kier molecular flexibility index (Phi) is 6.91. The molecule has 0 saturated carbocycles. The molecule has 1 saturated heterocycles. The molecule has 1 N–H and O–H groups in total. The molecule has 0 radical (unpaired) electrons. The molecule has 1 fully saturated rings. The van der Waals surface area contributed by atoms with E-state index in [0.717, 1.165) is 23.4 Å². The van der Waals surface area contributed by atoms with Crippen LogP contribution in [0.25, 0.3) is 0 Å². The van der Waals surface area contributed by atoms with Gasteiger partial charge in [0.1, 0.15) is 6.04 Å². The van der Waals surface area contributed by atoms with Gasteiger partial charge in [0.2, 0.25) is 15.9 Å². The highest BCUT2D eigenvalue weighted by molar-refractivity contribution is 7.92. The molecule has 1 heterocycles. The van der Waals surface area contributed by atoms with Gasteiger partial charge in [-0.25, -0.2) is 8.42 Å². The number of nitrogens with zero attached hydrogens (tertiary/aromatic N) is 2. The molecule has 3 rings (SSSR count). The van der Waals surface area contributed by atoms with E-state index in [2.05, 4.69) is 5.32 Å². The molecule has 1 unspecified atom stereocenters. The van der Waals surface area contributed by atoms with Crippen LogP contribution in [0.1, 0.15) is 35.7 Å². The molecule has 0 aliphatic carbocycles. The van der Waals surface area contributed by atoms with Crippen molar-refractivity contribution in [1.82, 2.24) is 4.90 Å². The van der Waals surface area contributed by atoms with Gasteiger partial charge in [0.15, 0.2) is 0 Å². The first kappa shape index (κ1) is 23.1. The van der Waals surface area contributed by atoms with Crippen LogP contribution in [0.2, 0.25) is 5.02 Å². The van der Waals surface area contributed by atoms with Crippen LogP contribution in [0.3, 0.4) is 0 Å². The van der Waals surface area contributed by atoms with Gasteiger partial charge >= 0.3 is 0 Å². The Morgan fingerprint density at radius 3 is 2.42 bits per heavy atom. The van der Waals surface area contributed by atoms with Crippen molar-refractivity contribution in [2.45, 2.75) is 32.7 Å². The van der Waals surface area contributed by atoms with E-state index in [-0.39, 0.29) is 5.91 Å². The minimum absolute atomic E-state index is 0.147. The van der Waals surface area contributed by atoms with E-state index < -0.39 is 22.0 Å². The fourth-order valence-electron chi connectivity index (χ4n) is 3.71. The summed E-state index contributed by atoms with van der Waals surface area (Å²) in [6, 6.07) is 10.6. The number of halogens is 1. The predicted octanol–water partition coefficient (Wildman–Crippen LogP) is 3.68. The van der Waals surface area contributed by atoms with Gasteiger partial charge in [-0.05, 0) is 56.5 Å². The number of hydrogen-bond acceptors (Lipinski definition) is 4. The summed E-state index contributed by atoms with van der Waals surface area (Å²) in [5, 5.41) is 3.11. The van der Waals surface area contributed by atoms with Crippen LogP contribution in [-0.2, 0) is 14.8 Å². The average Bonchev–Trinajstić information content (AvgIpc) is 3.24. The lowest BCUT2D eigenvalue weighted by molar-refractivity contribution is -0.116. The number of likely N-dealkylation sites (tertiary alicyclic amines) is 1. The number of carbonyl (C=O) groups is 2. The molecule has 2 amide bonds. The lowest BCUT2D eigenvalue weighted by Crippen LogP contribution is -2.46. The van der Waals surface area contributed by atoms with Crippen LogP contribution >= 0.6 is 11.6 Å². The van der Waals surface area contributed by atoms with Crippen LogP contribution in [0.5, 0.6) is 0 Å². The fraction of sp³-hybridized carbons (Fsp3) is 0.364. The topological polar surface area (TPSA) is 86.8 Å². The minimum atomic E-state index is -3.79. The predicted molar refractivity (Wildman–Crippen MR) is 123 cm³/mol. The van der Waals surface area contributed by atoms with Gasteiger partial charge in [0, 0.05) is 18.1 Å². The van der Waals surface area contributed by atoms with Gasteiger partial charge in [-0.2, -0.15) is 0 Å². The molecule has 9 heteroatoms. The Balaban J connectivity index is 1.90. The summed E-state index contributed by atoms with van der Waals surface area (Å²) in [6.45, 7) is 4.63. The number of aryl methyl sites for hydroxylation is 1. The van der Waals surface area contributed by atoms with Crippen LogP contribution in [-0.4, -0.2) is 50.5 Å². The Labute approximate surface area is 188 Å². The summed E-state index contributed by atoms with van der Waals surface area (Å²) in [5.41, 5.74) is 1.74. The fourth-order valence-corrected chi connectivity index (χ4v) is 5.10. The normalized spacial score (nSPS) is 14.9. The van der Waals surface area contributed by atoms with E-state index in [1.807, 2.05) is 0 Å². The number of para-hydroxylation sites is 1. The van der Waals surface area contributed by atoms with E-state index in [9.17, 15) is 18.0 Å². The van der Waals surface area contributed by atoms with Gasteiger partial charge in [-0.1, -0.05) is 29.8 Å². The maximum atomic E-state index is 13.1. The summed E-state index contributed by atoms with van der Waals surface area (Å²) in [7, 11) is -3.79. The molecule has 2 aromatic rings. The second kappa shape index (κ2) is 9.28. The van der Waals surface area contributed by atoms with Crippen molar-refractivity contribution in [2.24, 2.45) is 0 Å². The number of sulfonamides is 1. The van der Waals surface area contributed by atoms with Crippen LogP contribution in [0, 0.1) is 6.92 Å². The summed E-state index contributed by atoms with van der Waals surface area (Å²) in [6.07, 6.45) is 2.96. The number of nitrogens with one attached hydrogen (secondary N) is 1. The lowest BCUT2D eigenvalue weighted by Gasteiger charge is -2.30. The number of hydrogen-bond donors (Lipinski definition) is 1. The molecule has 31 heavy (non-hydrogen) atoms. The number of carbonyl (C=O) groups excluding carboxylic acids is 2. The third-order valence-corrected chi connectivity index (χ3v) is 6.77. The molecular weight excluding hydrogens is 438 g/mol. The smallest absolute Gasteiger partial charge is 0.255 e. The van der Waals surface area contributed by atoms with Crippen molar-refractivity contribution < 1.29 is 18.0 Å². The second-order valence-corrected chi connectivity index (χ2v) is 10.00. The van der Waals surface area contributed by atoms with Gasteiger partial charge in [-0.3, -0.25) is 13.9 Å². The van der Waals surface area contributed by atoms with Crippen LogP contribution in [0.15, 0.2) is 42.5 Å². The Morgan fingerprint density at radius 1 is 1.13 bits per heavy atom. The Hall–Kier alpha value is -2.58. The third kappa shape index (κ3) is 5.19. The number of rotatable bonds is 6. The van der Waals surface area contributed by atoms with Crippen LogP contribution < -0.4 is 9.62 Å². The second-order valence-electron chi connectivity index (χ2n) is 7.70. The first-order chi connectivity index (χ1) is 14.6. The van der Waals surface area contributed by atoms with E-state index in [0.29, 0.717) is 40.6 Å². The molecule has 2 aromatic carbocycles. The first-order valence-electron chi connectivity index (χ1n) is 10.0. The molecule has 0 bridgehead atoms. The minimum Gasteiger partial charge on any atom is -0.339 e. The summed E-state index contributed by atoms with van der Waals surface area (Å²) < 4.78 is 26.2. The van der Waals surface area contributed by atoms with Crippen molar-refractivity contribution in [3.63, 3.8) is 0 Å². The van der Waals surface area contributed by atoms with Gasteiger partial charge in [0.05, 0.1) is 23.2 Å². The van der Waals surface area contributed by atoms with Gasteiger partial charge in [0.25, 0.3) is 5.91 Å². The lowest BCUT2D eigenvalue weighted by atomic mass is 10.1. The number of benzene rings is 2. The average molecular weight is 464 g/mol.